The van der Waals surface area contributed by atoms with Gasteiger partial charge in [0.2, 0.25) is 0 Å². The van der Waals surface area contributed by atoms with Crippen molar-refractivity contribution in [1.29, 1.82) is 0 Å². The highest BCUT2D eigenvalue weighted by Gasteiger charge is 2.41. The lowest BCUT2D eigenvalue weighted by molar-refractivity contribution is -0.123. The molecule has 1 fully saturated rings. The Kier molecular flexibility index (Phi) is 4.62. The number of carbonyl (C=O) groups excluding carboxylic acids is 3. The van der Waals surface area contributed by atoms with Crippen LogP contribution in [0.3, 0.4) is 0 Å². The van der Waals surface area contributed by atoms with Crippen molar-refractivity contribution < 1.29 is 14.4 Å². The van der Waals surface area contributed by atoms with Gasteiger partial charge in [0.1, 0.15) is 6.54 Å². The number of carbonyl (C=O) groups is 3. The molecule has 2 aromatic carbocycles. The SMILES string of the molecule is O=C1CN(Cc2ccccc2)C(=O)N1C(=O)NC1CCCc2ccccc21. The van der Waals surface area contributed by atoms with Gasteiger partial charge in [-0.2, -0.15) is 4.90 Å². The third-order valence-electron chi connectivity index (χ3n) is 5.12. The number of benzene rings is 2. The van der Waals surface area contributed by atoms with Crippen LogP contribution in [0.25, 0.3) is 0 Å². The standard InChI is InChI=1S/C21H21N3O3/c25-19-14-23(13-15-7-2-1-3-8-15)21(27)24(19)20(26)22-18-12-6-10-16-9-4-5-11-17(16)18/h1-5,7-9,11,18H,6,10,12-14H2,(H,22,26). The molecule has 1 aliphatic carbocycles. The summed E-state index contributed by atoms with van der Waals surface area (Å²) in [7, 11) is 0. The van der Waals surface area contributed by atoms with Gasteiger partial charge >= 0.3 is 12.1 Å². The van der Waals surface area contributed by atoms with Gasteiger partial charge in [0.15, 0.2) is 0 Å². The molecule has 5 amide bonds. The van der Waals surface area contributed by atoms with Gasteiger partial charge < -0.3 is 10.2 Å². The minimum Gasteiger partial charge on any atom is -0.330 e. The summed E-state index contributed by atoms with van der Waals surface area (Å²) in [6, 6.07) is 16.0. The first-order valence-electron chi connectivity index (χ1n) is 9.17. The Morgan fingerprint density at radius 1 is 1.04 bits per heavy atom. The lowest BCUT2D eigenvalue weighted by atomic mass is 9.88. The number of hydrogen-bond donors (Lipinski definition) is 1. The van der Waals surface area contributed by atoms with Crippen LogP contribution < -0.4 is 5.32 Å². The van der Waals surface area contributed by atoms with Gasteiger partial charge in [-0.15, -0.1) is 0 Å². The quantitative estimate of drug-likeness (QED) is 0.851. The average Bonchev–Trinajstić information content (AvgIpc) is 2.96. The molecule has 1 saturated heterocycles. The van der Waals surface area contributed by atoms with Crippen LogP contribution in [0.2, 0.25) is 0 Å². The van der Waals surface area contributed by atoms with Crippen LogP contribution in [0, 0.1) is 0 Å². The van der Waals surface area contributed by atoms with Crippen LogP contribution in [0.4, 0.5) is 9.59 Å². The highest BCUT2D eigenvalue weighted by molar-refractivity contribution is 6.14. The van der Waals surface area contributed by atoms with E-state index in [1.807, 2.05) is 48.5 Å². The second-order valence-corrected chi connectivity index (χ2v) is 6.95. The number of amides is 5. The summed E-state index contributed by atoms with van der Waals surface area (Å²) in [5.74, 6) is -0.488. The maximum Gasteiger partial charge on any atom is 0.335 e. The smallest absolute Gasteiger partial charge is 0.330 e. The second-order valence-electron chi connectivity index (χ2n) is 6.95. The molecule has 27 heavy (non-hydrogen) atoms. The van der Waals surface area contributed by atoms with Crippen LogP contribution in [-0.4, -0.2) is 34.3 Å². The van der Waals surface area contributed by atoms with Gasteiger partial charge in [-0.05, 0) is 36.0 Å². The van der Waals surface area contributed by atoms with E-state index in [-0.39, 0.29) is 12.6 Å². The highest BCUT2D eigenvalue weighted by atomic mass is 16.2. The van der Waals surface area contributed by atoms with E-state index in [2.05, 4.69) is 11.4 Å². The summed E-state index contributed by atoms with van der Waals surface area (Å²) < 4.78 is 0. The molecule has 0 saturated carbocycles. The van der Waals surface area contributed by atoms with Crippen molar-refractivity contribution in [2.45, 2.75) is 31.8 Å². The van der Waals surface area contributed by atoms with Crippen LogP contribution in [0.15, 0.2) is 54.6 Å². The van der Waals surface area contributed by atoms with Gasteiger partial charge in [0.05, 0.1) is 6.04 Å². The van der Waals surface area contributed by atoms with Crippen molar-refractivity contribution in [3.63, 3.8) is 0 Å². The third kappa shape index (κ3) is 3.43. The number of nitrogens with zero attached hydrogens (tertiary/aromatic N) is 2. The van der Waals surface area contributed by atoms with E-state index in [4.69, 9.17) is 0 Å². The zero-order valence-electron chi connectivity index (χ0n) is 14.9. The molecule has 1 heterocycles. The van der Waals surface area contributed by atoms with E-state index < -0.39 is 18.0 Å². The number of nitrogens with one attached hydrogen (secondary N) is 1. The van der Waals surface area contributed by atoms with E-state index in [1.165, 1.54) is 10.5 Å². The van der Waals surface area contributed by atoms with Crippen molar-refractivity contribution in [2.75, 3.05) is 6.54 Å². The van der Waals surface area contributed by atoms with Crippen molar-refractivity contribution >= 4 is 18.0 Å². The van der Waals surface area contributed by atoms with Crippen molar-refractivity contribution in [3.05, 3.63) is 71.3 Å². The fourth-order valence-electron chi connectivity index (χ4n) is 3.79. The zero-order valence-corrected chi connectivity index (χ0v) is 14.9. The first-order chi connectivity index (χ1) is 13.1. The molecule has 6 heteroatoms. The fourth-order valence-corrected chi connectivity index (χ4v) is 3.79. The lowest BCUT2D eigenvalue weighted by Gasteiger charge is -2.27. The molecule has 138 valence electrons. The van der Waals surface area contributed by atoms with E-state index in [9.17, 15) is 14.4 Å². The summed E-state index contributed by atoms with van der Waals surface area (Å²) in [6.45, 7) is 0.226. The molecule has 2 aromatic rings. The Morgan fingerprint density at radius 2 is 1.78 bits per heavy atom. The summed E-state index contributed by atoms with van der Waals surface area (Å²) in [5, 5.41) is 2.88. The molecule has 0 spiro atoms. The number of rotatable bonds is 3. The predicted molar refractivity (Wildman–Crippen MR) is 99.7 cm³/mol. The minimum absolute atomic E-state index is 0.0810. The molecule has 1 atom stereocenters. The molecule has 0 radical (unpaired) electrons. The maximum atomic E-state index is 12.7. The van der Waals surface area contributed by atoms with Crippen LogP contribution >= 0.6 is 0 Å². The fraction of sp³-hybridized carbons (Fsp3) is 0.286. The van der Waals surface area contributed by atoms with Gasteiger partial charge in [-0.3, -0.25) is 4.79 Å². The van der Waals surface area contributed by atoms with Crippen LogP contribution in [0.1, 0.15) is 35.6 Å². The first-order valence-corrected chi connectivity index (χ1v) is 9.17. The maximum absolute atomic E-state index is 12.7. The Hall–Kier alpha value is -3.15. The first kappa shape index (κ1) is 17.3. The van der Waals surface area contributed by atoms with E-state index in [0.717, 1.165) is 35.3 Å². The third-order valence-corrected chi connectivity index (χ3v) is 5.12. The van der Waals surface area contributed by atoms with E-state index >= 15 is 0 Å². The second kappa shape index (κ2) is 7.23. The Balaban J connectivity index is 1.46. The van der Waals surface area contributed by atoms with Crippen molar-refractivity contribution in [3.8, 4) is 0 Å². The zero-order chi connectivity index (χ0) is 18.8. The normalized spacial score (nSPS) is 19.2. The number of urea groups is 2. The molecule has 1 aliphatic heterocycles. The van der Waals surface area contributed by atoms with Gasteiger partial charge in [0.25, 0.3) is 5.91 Å². The van der Waals surface area contributed by atoms with Gasteiger partial charge in [-0.25, -0.2) is 9.59 Å². The number of imide groups is 3. The Labute approximate surface area is 157 Å². The van der Waals surface area contributed by atoms with E-state index in [0.29, 0.717) is 6.54 Å². The molecule has 0 aromatic heterocycles. The van der Waals surface area contributed by atoms with Gasteiger partial charge in [0, 0.05) is 6.54 Å². The van der Waals surface area contributed by atoms with Crippen LogP contribution in [-0.2, 0) is 17.8 Å². The Morgan fingerprint density at radius 3 is 2.59 bits per heavy atom. The van der Waals surface area contributed by atoms with E-state index in [1.54, 1.807) is 0 Å². The molecule has 2 aliphatic rings. The minimum atomic E-state index is -0.637. The molecule has 1 N–H and O–H groups in total. The molecular weight excluding hydrogens is 342 g/mol. The van der Waals surface area contributed by atoms with Gasteiger partial charge in [-0.1, -0.05) is 54.6 Å². The van der Waals surface area contributed by atoms with Crippen LogP contribution in [0.5, 0.6) is 0 Å². The number of aryl methyl sites for hydroxylation is 1. The largest absolute Gasteiger partial charge is 0.335 e. The lowest BCUT2D eigenvalue weighted by Crippen LogP contribution is -2.46. The molecular formula is C21H21N3O3. The summed E-state index contributed by atoms with van der Waals surface area (Å²) >= 11 is 0. The molecule has 0 bridgehead atoms. The summed E-state index contributed by atoms with van der Waals surface area (Å²) in [5.41, 5.74) is 3.19. The molecule has 1 unspecified atom stereocenters. The summed E-state index contributed by atoms with van der Waals surface area (Å²) in [6.07, 6.45) is 2.74. The number of hydrogen-bond acceptors (Lipinski definition) is 3. The van der Waals surface area contributed by atoms with Crippen molar-refractivity contribution in [2.24, 2.45) is 0 Å². The Bertz CT molecular complexity index is 881. The van der Waals surface area contributed by atoms with Crippen molar-refractivity contribution in [1.82, 2.24) is 15.1 Å². The topological polar surface area (TPSA) is 69.7 Å². The average molecular weight is 363 g/mol. The monoisotopic (exact) mass is 363 g/mol. The predicted octanol–water partition coefficient (Wildman–Crippen LogP) is 3.24. The summed E-state index contributed by atoms with van der Waals surface area (Å²) in [4.78, 5) is 39.8. The highest BCUT2D eigenvalue weighted by Crippen LogP contribution is 2.29. The molecule has 6 nitrogen and oxygen atoms in total. The number of fused-ring (bicyclic) bond motifs is 1. The molecule has 4 rings (SSSR count).